The number of amides is 1. The van der Waals surface area contributed by atoms with Crippen LogP contribution in [0.3, 0.4) is 0 Å². The SMILES string of the molecule is O=C(CCC/C=C\C[C@@H]1[C@@H](/C=C/[C@@H](O)COc2cccc(Cl)c2)[C@H](O)C[C@@H]1O)NCCCCCCO[N+](=O)[O-]. The lowest BCUT2D eigenvalue weighted by Gasteiger charge is -2.19. The third-order valence-corrected chi connectivity index (χ3v) is 6.86. The first-order valence-corrected chi connectivity index (χ1v) is 13.9. The highest BCUT2D eigenvalue weighted by Gasteiger charge is 2.39. The van der Waals surface area contributed by atoms with Gasteiger partial charge in [-0.1, -0.05) is 54.8 Å². The van der Waals surface area contributed by atoms with E-state index in [4.69, 9.17) is 16.3 Å². The monoisotopic (exact) mass is 568 g/mol. The average Bonchev–Trinajstić information content (AvgIpc) is 3.16. The fourth-order valence-electron chi connectivity index (χ4n) is 4.54. The van der Waals surface area contributed by atoms with Gasteiger partial charge in [-0.05, 0) is 56.2 Å². The van der Waals surface area contributed by atoms with E-state index in [-0.39, 0.29) is 37.4 Å². The fraction of sp³-hybridized carbons (Fsp3) is 0.607. The normalized spacial score (nSPS) is 21.8. The summed E-state index contributed by atoms with van der Waals surface area (Å²) in [5, 5.41) is 43.8. The van der Waals surface area contributed by atoms with Gasteiger partial charge < -0.3 is 30.2 Å². The van der Waals surface area contributed by atoms with Crippen LogP contribution in [0.1, 0.15) is 57.8 Å². The molecule has 0 heterocycles. The van der Waals surface area contributed by atoms with E-state index in [1.54, 1.807) is 36.4 Å². The first kappa shape index (κ1) is 32.6. The van der Waals surface area contributed by atoms with Gasteiger partial charge in [0.05, 0.1) is 18.8 Å². The van der Waals surface area contributed by atoms with Gasteiger partial charge in [0.2, 0.25) is 5.91 Å². The maximum Gasteiger partial charge on any atom is 0.294 e. The Morgan fingerprint density at radius 1 is 1.18 bits per heavy atom. The molecule has 1 aliphatic carbocycles. The number of allylic oxidation sites excluding steroid dienone is 2. The van der Waals surface area contributed by atoms with Crippen LogP contribution in [0.25, 0.3) is 0 Å². The van der Waals surface area contributed by atoms with Crippen molar-refractivity contribution in [1.29, 1.82) is 0 Å². The Balaban J connectivity index is 1.61. The summed E-state index contributed by atoms with van der Waals surface area (Å²) < 4.78 is 5.55. The van der Waals surface area contributed by atoms with Crippen LogP contribution >= 0.6 is 11.6 Å². The van der Waals surface area contributed by atoms with Crippen LogP contribution in [0.5, 0.6) is 5.75 Å². The van der Waals surface area contributed by atoms with Gasteiger partial charge in [-0.25, -0.2) is 0 Å². The Labute approximate surface area is 234 Å². The van der Waals surface area contributed by atoms with E-state index in [9.17, 15) is 30.2 Å². The van der Waals surface area contributed by atoms with Gasteiger partial charge in [0.25, 0.3) is 5.09 Å². The summed E-state index contributed by atoms with van der Waals surface area (Å²) in [6.07, 6.45) is 11.0. The van der Waals surface area contributed by atoms with E-state index in [1.165, 1.54) is 0 Å². The number of hydrogen-bond donors (Lipinski definition) is 4. The molecule has 10 nitrogen and oxygen atoms in total. The number of nitrogens with one attached hydrogen (secondary N) is 1. The van der Waals surface area contributed by atoms with Crippen LogP contribution in [-0.4, -0.2) is 64.4 Å². The minimum atomic E-state index is -0.869. The summed E-state index contributed by atoms with van der Waals surface area (Å²) in [6, 6.07) is 6.91. The molecule has 0 aliphatic heterocycles. The second-order valence-corrected chi connectivity index (χ2v) is 10.2. The lowest BCUT2D eigenvalue weighted by atomic mass is 9.89. The number of unbranched alkanes of at least 4 members (excludes halogenated alkanes) is 4. The van der Waals surface area contributed by atoms with Crippen LogP contribution < -0.4 is 10.1 Å². The molecule has 0 saturated heterocycles. The van der Waals surface area contributed by atoms with Crippen LogP contribution in [0.2, 0.25) is 5.02 Å². The highest BCUT2D eigenvalue weighted by atomic mass is 35.5. The third-order valence-electron chi connectivity index (χ3n) is 6.63. The maximum atomic E-state index is 12.0. The molecule has 1 amide bonds. The molecule has 11 heteroatoms. The van der Waals surface area contributed by atoms with Gasteiger partial charge in [-0.3, -0.25) is 4.79 Å². The minimum absolute atomic E-state index is 0.00229. The van der Waals surface area contributed by atoms with Crippen molar-refractivity contribution >= 4 is 17.5 Å². The highest BCUT2D eigenvalue weighted by Crippen LogP contribution is 2.36. The number of carbonyl (C=O) groups excluding carboxylic acids is 1. The zero-order chi connectivity index (χ0) is 28.5. The highest BCUT2D eigenvalue weighted by molar-refractivity contribution is 6.30. The second kappa shape index (κ2) is 18.6. The van der Waals surface area contributed by atoms with Gasteiger partial charge >= 0.3 is 0 Å². The molecular formula is C28H41ClN2O8. The van der Waals surface area contributed by atoms with Crippen molar-refractivity contribution in [2.75, 3.05) is 19.8 Å². The fourth-order valence-corrected chi connectivity index (χ4v) is 4.72. The van der Waals surface area contributed by atoms with Crippen molar-refractivity contribution < 1.29 is 34.8 Å². The van der Waals surface area contributed by atoms with Gasteiger partial charge in [-0.2, -0.15) is 0 Å². The Morgan fingerprint density at radius 3 is 2.74 bits per heavy atom. The lowest BCUT2D eigenvalue weighted by molar-refractivity contribution is -0.757. The van der Waals surface area contributed by atoms with Crippen LogP contribution in [0.15, 0.2) is 48.6 Å². The maximum absolute atomic E-state index is 12.0. The molecule has 4 N–H and O–H groups in total. The minimum Gasteiger partial charge on any atom is -0.491 e. The molecule has 0 unspecified atom stereocenters. The summed E-state index contributed by atoms with van der Waals surface area (Å²) in [5.41, 5.74) is 0. The smallest absolute Gasteiger partial charge is 0.294 e. The molecular weight excluding hydrogens is 528 g/mol. The molecule has 218 valence electrons. The molecule has 1 aromatic carbocycles. The summed E-state index contributed by atoms with van der Waals surface area (Å²) in [6.45, 7) is 0.736. The standard InChI is InChI=1S/C28H41ClN2O8/c29-21-10-9-11-23(18-21)38-20-22(32)14-15-25-24(26(33)19-27(25)34)12-5-1-2-6-13-28(35)30-16-7-3-4-8-17-39-31(36)37/h1,5,9-11,14-15,18,22,24-27,32-34H,2-4,6-8,12-13,16-17,19-20H2,(H,30,35)/b5-1-,15-14+/t22-,24-,25-,26+,27-/m1/s1. The molecule has 39 heavy (non-hydrogen) atoms. The number of benzene rings is 1. The summed E-state index contributed by atoms with van der Waals surface area (Å²) in [5.74, 6) is 0.111. The molecule has 2 rings (SSSR count). The van der Waals surface area contributed by atoms with Crippen LogP contribution in [0.4, 0.5) is 0 Å². The van der Waals surface area contributed by atoms with Crippen molar-refractivity contribution in [3.05, 3.63) is 63.7 Å². The summed E-state index contributed by atoms with van der Waals surface area (Å²) >= 11 is 5.93. The van der Waals surface area contributed by atoms with Gasteiger partial charge in [0.15, 0.2) is 0 Å². The average molecular weight is 569 g/mol. The van der Waals surface area contributed by atoms with Gasteiger partial charge in [0, 0.05) is 30.3 Å². The van der Waals surface area contributed by atoms with Crippen LogP contribution in [-0.2, 0) is 9.63 Å². The van der Waals surface area contributed by atoms with Crippen LogP contribution in [0, 0.1) is 22.0 Å². The lowest BCUT2D eigenvalue weighted by Crippen LogP contribution is -2.23. The topological polar surface area (TPSA) is 151 Å². The zero-order valence-corrected chi connectivity index (χ0v) is 23.0. The van der Waals surface area contributed by atoms with E-state index in [2.05, 4.69) is 10.2 Å². The Hall–Kier alpha value is -2.66. The number of halogens is 1. The van der Waals surface area contributed by atoms with E-state index in [1.807, 2.05) is 12.2 Å². The number of rotatable bonds is 19. The molecule has 1 aliphatic rings. The van der Waals surface area contributed by atoms with E-state index in [0.717, 1.165) is 25.7 Å². The second-order valence-electron chi connectivity index (χ2n) is 9.75. The first-order valence-electron chi connectivity index (χ1n) is 13.6. The number of ether oxygens (including phenoxy) is 1. The number of carbonyl (C=O) groups is 1. The molecule has 0 spiro atoms. The quantitative estimate of drug-likeness (QED) is 0.0846. The molecule has 0 bridgehead atoms. The third kappa shape index (κ3) is 13.8. The Morgan fingerprint density at radius 2 is 1.97 bits per heavy atom. The van der Waals surface area contributed by atoms with E-state index < -0.39 is 23.4 Å². The largest absolute Gasteiger partial charge is 0.491 e. The van der Waals surface area contributed by atoms with Crippen molar-refractivity contribution in [1.82, 2.24) is 5.32 Å². The number of nitrogens with zero attached hydrogens (tertiary/aromatic N) is 1. The predicted molar refractivity (Wildman–Crippen MR) is 148 cm³/mol. The van der Waals surface area contributed by atoms with Gasteiger partial charge in [-0.15, -0.1) is 10.1 Å². The predicted octanol–water partition coefficient (Wildman–Crippen LogP) is 4.00. The Bertz CT molecular complexity index is 929. The molecule has 0 aromatic heterocycles. The van der Waals surface area contributed by atoms with Gasteiger partial charge in [0.1, 0.15) is 18.5 Å². The van der Waals surface area contributed by atoms with E-state index in [0.29, 0.717) is 43.0 Å². The molecule has 5 atom stereocenters. The molecule has 1 aromatic rings. The number of aliphatic hydroxyl groups is 3. The first-order chi connectivity index (χ1) is 18.8. The Kier molecular flexibility index (Phi) is 15.5. The summed E-state index contributed by atoms with van der Waals surface area (Å²) in [4.78, 5) is 26.3. The van der Waals surface area contributed by atoms with Crippen molar-refractivity contribution in [3.8, 4) is 5.75 Å². The molecule has 0 radical (unpaired) electrons. The van der Waals surface area contributed by atoms with Crippen molar-refractivity contribution in [2.24, 2.45) is 11.8 Å². The van der Waals surface area contributed by atoms with Crippen molar-refractivity contribution in [2.45, 2.75) is 76.1 Å². The number of aliphatic hydroxyl groups excluding tert-OH is 3. The van der Waals surface area contributed by atoms with Crippen molar-refractivity contribution in [3.63, 3.8) is 0 Å². The van der Waals surface area contributed by atoms with E-state index >= 15 is 0 Å². The molecule has 1 fully saturated rings. The molecule has 1 saturated carbocycles. The number of hydrogen-bond acceptors (Lipinski definition) is 8. The zero-order valence-electron chi connectivity index (χ0n) is 22.2. The summed E-state index contributed by atoms with van der Waals surface area (Å²) in [7, 11) is 0.